The van der Waals surface area contributed by atoms with E-state index in [1.165, 1.54) is 0 Å². The van der Waals surface area contributed by atoms with Crippen molar-refractivity contribution < 1.29 is 9.47 Å². The Morgan fingerprint density at radius 1 is 1.16 bits per heavy atom. The summed E-state index contributed by atoms with van der Waals surface area (Å²) < 4.78 is 10.3. The lowest BCUT2D eigenvalue weighted by Crippen LogP contribution is -2.44. The van der Waals surface area contributed by atoms with Gasteiger partial charge in [-0.2, -0.15) is 0 Å². The molecular weight excluding hydrogens is 287 g/mol. The lowest BCUT2D eigenvalue weighted by atomic mass is 10.2. The van der Waals surface area contributed by atoms with Crippen molar-refractivity contribution in [2.75, 3.05) is 52.0 Å². The molecule has 0 amide bonds. The Morgan fingerprint density at radius 2 is 1.84 bits per heavy atom. The minimum Gasteiger partial charge on any atom is -0.466 e. The number of likely N-dealkylation sites (N-methyl/N-ethyl adjacent to an activating group) is 1. The number of anilines is 1. The summed E-state index contributed by atoms with van der Waals surface area (Å²) in [5.74, 6) is 0.560. The average molecular weight is 305 g/mol. The highest BCUT2D eigenvalue weighted by Crippen LogP contribution is 2.36. The highest BCUT2D eigenvalue weighted by molar-refractivity contribution is 6.43. The van der Waals surface area contributed by atoms with Gasteiger partial charge in [-0.05, 0) is 13.1 Å². The van der Waals surface area contributed by atoms with E-state index >= 15 is 0 Å². The van der Waals surface area contributed by atoms with Crippen LogP contribution in [0, 0.1) is 0 Å². The van der Waals surface area contributed by atoms with E-state index in [0.29, 0.717) is 15.8 Å². The van der Waals surface area contributed by atoms with Gasteiger partial charge in [0.2, 0.25) is 0 Å². The molecule has 0 bridgehead atoms. The maximum Gasteiger partial charge on any atom is 0.188 e. The number of piperazine rings is 1. The van der Waals surface area contributed by atoms with Gasteiger partial charge < -0.3 is 19.3 Å². The second kappa shape index (κ2) is 6.66. The van der Waals surface area contributed by atoms with Crippen molar-refractivity contribution in [3.63, 3.8) is 0 Å². The molecule has 106 valence electrons. The van der Waals surface area contributed by atoms with Gasteiger partial charge in [-0.25, -0.2) is 0 Å². The van der Waals surface area contributed by atoms with Gasteiger partial charge in [-0.1, -0.05) is 23.2 Å². The first-order valence-corrected chi connectivity index (χ1v) is 6.91. The lowest BCUT2D eigenvalue weighted by Gasteiger charge is -2.34. The molecule has 2 rings (SSSR count). The first kappa shape index (κ1) is 14.7. The van der Waals surface area contributed by atoms with Crippen LogP contribution in [0.1, 0.15) is 0 Å². The first-order chi connectivity index (χ1) is 9.11. The maximum absolute atomic E-state index is 6.16. The molecule has 0 unspecified atom stereocenters. The van der Waals surface area contributed by atoms with Crippen LogP contribution in [0.2, 0.25) is 10.0 Å². The third-order valence-electron chi connectivity index (χ3n) is 3.18. The molecule has 0 atom stereocenters. The number of nitrogens with zero attached hydrogens (tertiary/aromatic N) is 2. The number of rotatable bonds is 4. The monoisotopic (exact) mass is 304 g/mol. The van der Waals surface area contributed by atoms with E-state index in [-0.39, 0.29) is 6.79 Å². The Bertz CT molecular complexity index is 435. The van der Waals surface area contributed by atoms with Crippen molar-refractivity contribution in [3.8, 4) is 5.75 Å². The number of halogens is 2. The summed E-state index contributed by atoms with van der Waals surface area (Å²) in [6.45, 7) is 4.17. The second-order valence-corrected chi connectivity index (χ2v) is 5.37. The standard InChI is InChI=1S/C13H18Cl2N2O2/c1-16-3-5-17(6-4-16)10-7-11(14)13(15)12(8-10)19-9-18-2/h7-8H,3-6,9H2,1-2H3. The predicted octanol–water partition coefficient (Wildman–Crippen LogP) is 2.73. The highest BCUT2D eigenvalue weighted by Gasteiger charge is 2.17. The van der Waals surface area contributed by atoms with Crippen LogP contribution in [0.25, 0.3) is 0 Å². The minimum absolute atomic E-state index is 0.155. The highest BCUT2D eigenvalue weighted by atomic mass is 35.5. The Labute approximate surface area is 123 Å². The number of methoxy groups -OCH3 is 1. The number of ether oxygens (including phenoxy) is 2. The van der Waals surface area contributed by atoms with E-state index in [9.17, 15) is 0 Å². The average Bonchev–Trinajstić information content (AvgIpc) is 2.41. The topological polar surface area (TPSA) is 24.9 Å². The molecule has 1 fully saturated rings. The van der Waals surface area contributed by atoms with Crippen LogP contribution in [-0.4, -0.2) is 52.0 Å². The third kappa shape index (κ3) is 3.66. The minimum atomic E-state index is 0.155. The van der Waals surface area contributed by atoms with Gasteiger partial charge in [0.1, 0.15) is 10.8 Å². The molecule has 1 aromatic rings. The third-order valence-corrected chi connectivity index (χ3v) is 3.96. The summed E-state index contributed by atoms with van der Waals surface area (Å²) in [4.78, 5) is 4.58. The molecule has 4 nitrogen and oxygen atoms in total. The van der Waals surface area contributed by atoms with Crippen LogP contribution < -0.4 is 9.64 Å². The van der Waals surface area contributed by atoms with E-state index in [2.05, 4.69) is 16.8 Å². The van der Waals surface area contributed by atoms with Gasteiger partial charge >= 0.3 is 0 Å². The lowest BCUT2D eigenvalue weighted by molar-refractivity contribution is 0.0512. The summed E-state index contributed by atoms with van der Waals surface area (Å²) in [6.07, 6.45) is 0. The molecule has 1 aliphatic rings. The van der Waals surface area contributed by atoms with Crippen LogP contribution in [0.3, 0.4) is 0 Å². The molecule has 0 radical (unpaired) electrons. The van der Waals surface area contributed by atoms with Crippen LogP contribution in [0.15, 0.2) is 12.1 Å². The zero-order valence-electron chi connectivity index (χ0n) is 11.2. The van der Waals surface area contributed by atoms with Gasteiger partial charge in [-0.15, -0.1) is 0 Å². The smallest absolute Gasteiger partial charge is 0.188 e. The fourth-order valence-corrected chi connectivity index (χ4v) is 2.39. The van der Waals surface area contributed by atoms with Crippen LogP contribution in [0.5, 0.6) is 5.75 Å². The molecule has 6 heteroatoms. The quantitative estimate of drug-likeness (QED) is 0.799. The molecule has 1 aliphatic heterocycles. The Kier molecular flexibility index (Phi) is 5.16. The number of hydrogen-bond acceptors (Lipinski definition) is 4. The largest absolute Gasteiger partial charge is 0.466 e. The van der Waals surface area contributed by atoms with Crippen LogP contribution in [0.4, 0.5) is 5.69 Å². The van der Waals surface area contributed by atoms with Crippen molar-refractivity contribution in [3.05, 3.63) is 22.2 Å². The molecule has 1 saturated heterocycles. The summed E-state index contributed by atoms with van der Waals surface area (Å²) in [5, 5.41) is 0.931. The summed E-state index contributed by atoms with van der Waals surface area (Å²) in [5.41, 5.74) is 1.04. The summed E-state index contributed by atoms with van der Waals surface area (Å²) in [6, 6.07) is 3.80. The van der Waals surface area contributed by atoms with E-state index in [1.54, 1.807) is 7.11 Å². The van der Waals surface area contributed by atoms with Gasteiger partial charge in [0.25, 0.3) is 0 Å². The molecule has 0 N–H and O–H groups in total. The predicted molar refractivity (Wildman–Crippen MR) is 78.7 cm³/mol. The normalized spacial score (nSPS) is 16.7. The first-order valence-electron chi connectivity index (χ1n) is 6.16. The molecule has 1 aromatic carbocycles. The zero-order valence-corrected chi connectivity index (χ0v) is 12.7. The van der Waals surface area contributed by atoms with Gasteiger partial charge in [0.05, 0.1) is 5.02 Å². The maximum atomic E-state index is 6.16. The van der Waals surface area contributed by atoms with E-state index in [0.717, 1.165) is 31.9 Å². The van der Waals surface area contributed by atoms with Gasteiger partial charge in [0.15, 0.2) is 6.79 Å². The Morgan fingerprint density at radius 3 is 2.47 bits per heavy atom. The van der Waals surface area contributed by atoms with Crippen molar-refractivity contribution in [2.45, 2.75) is 0 Å². The van der Waals surface area contributed by atoms with Gasteiger partial charge in [0, 0.05) is 45.0 Å². The summed E-state index contributed by atoms with van der Waals surface area (Å²) >= 11 is 12.3. The number of hydrogen-bond donors (Lipinski definition) is 0. The van der Waals surface area contributed by atoms with Crippen LogP contribution >= 0.6 is 23.2 Å². The summed E-state index contributed by atoms with van der Waals surface area (Å²) in [7, 11) is 3.69. The molecule has 0 spiro atoms. The molecule has 1 heterocycles. The fourth-order valence-electron chi connectivity index (χ4n) is 2.02. The second-order valence-electron chi connectivity index (χ2n) is 4.58. The van der Waals surface area contributed by atoms with E-state index in [1.807, 2.05) is 12.1 Å². The van der Waals surface area contributed by atoms with Crippen molar-refractivity contribution >= 4 is 28.9 Å². The SMILES string of the molecule is COCOc1cc(N2CCN(C)CC2)cc(Cl)c1Cl. The molecule has 19 heavy (non-hydrogen) atoms. The number of benzene rings is 1. The Balaban J connectivity index is 2.18. The molecule has 0 aliphatic carbocycles. The Hall–Kier alpha value is -0.680. The molecule has 0 aromatic heterocycles. The van der Waals surface area contributed by atoms with Crippen molar-refractivity contribution in [1.82, 2.24) is 4.90 Å². The van der Waals surface area contributed by atoms with Gasteiger partial charge in [-0.3, -0.25) is 0 Å². The van der Waals surface area contributed by atoms with E-state index in [4.69, 9.17) is 32.7 Å². The van der Waals surface area contributed by atoms with Crippen LogP contribution in [-0.2, 0) is 4.74 Å². The molecule has 0 saturated carbocycles. The molecular formula is C13H18Cl2N2O2. The van der Waals surface area contributed by atoms with Crippen molar-refractivity contribution in [2.24, 2.45) is 0 Å². The van der Waals surface area contributed by atoms with Crippen molar-refractivity contribution in [1.29, 1.82) is 0 Å². The van der Waals surface area contributed by atoms with E-state index < -0.39 is 0 Å². The zero-order chi connectivity index (χ0) is 13.8. The fraction of sp³-hybridized carbons (Fsp3) is 0.538.